The summed E-state index contributed by atoms with van der Waals surface area (Å²) >= 11 is 0. The highest BCUT2D eigenvalue weighted by molar-refractivity contribution is 6.52. The summed E-state index contributed by atoms with van der Waals surface area (Å²) in [5.41, 5.74) is 9.63. The van der Waals surface area contributed by atoms with Gasteiger partial charge in [-0.25, -0.2) is 4.79 Å². The number of ketones is 1. The molecule has 0 fully saturated rings. The Kier molecular flexibility index (Phi) is 6.03. The Bertz CT molecular complexity index is 753. The molecular formula is C17H19N3O5. The van der Waals surface area contributed by atoms with Crippen LogP contribution in [0.3, 0.4) is 0 Å². The Labute approximate surface area is 144 Å². The number of nitrogens with zero attached hydrogens (tertiary/aromatic N) is 3. The van der Waals surface area contributed by atoms with E-state index in [0.29, 0.717) is 29.8 Å². The lowest BCUT2D eigenvalue weighted by Crippen LogP contribution is -2.31. The van der Waals surface area contributed by atoms with E-state index in [-0.39, 0.29) is 25.3 Å². The van der Waals surface area contributed by atoms with Gasteiger partial charge in [-0.2, -0.15) is 4.79 Å². The maximum Gasteiger partial charge on any atom is 0.416 e. The van der Waals surface area contributed by atoms with Crippen molar-refractivity contribution in [1.82, 2.24) is 0 Å². The second kappa shape index (κ2) is 8.21. The van der Waals surface area contributed by atoms with E-state index in [1.807, 2.05) is 6.92 Å². The number of hydrogen-bond acceptors (Lipinski definition) is 5. The summed E-state index contributed by atoms with van der Waals surface area (Å²) in [5.74, 6) is -1.40. The molecule has 0 aliphatic carbocycles. The van der Waals surface area contributed by atoms with E-state index in [9.17, 15) is 14.4 Å². The van der Waals surface area contributed by atoms with Crippen molar-refractivity contribution in [2.75, 3.05) is 25.2 Å². The van der Waals surface area contributed by atoms with E-state index in [1.165, 1.54) is 18.1 Å². The molecule has 8 nitrogen and oxygen atoms in total. The molecule has 0 bridgehead atoms. The maximum absolute atomic E-state index is 12.1. The van der Waals surface area contributed by atoms with Gasteiger partial charge in [-0.05, 0) is 31.0 Å². The molecule has 0 unspecified atom stereocenters. The van der Waals surface area contributed by atoms with Gasteiger partial charge >= 0.3 is 11.7 Å². The number of Topliss-reactive ketones (excluding diaryl/α,β-unsaturated/α-hetero) is 1. The quantitative estimate of drug-likeness (QED) is 0.234. The van der Waals surface area contributed by atoms with Gasteiger partial charge in [-0.3, -0.25) is 9.59 Å². The molecule has 1 heterocycles. The van der Waals surface area contributed by atoms with Crippen LogP contribution in [0.1, 0.15) is 36.5 Å². The molecule has 8 heteroatoms. The van der Waals surface area contributed by atoms with E-state index in [0.717, 1.165) is 0 Å². The van der Waals surface area contributed by atoms with Gasteiger partial charge in [0, 0.05) is 6.54 Å². The number of fused-ring (bicyclic) bond motifs is 1. The predicted molar refractivity (Wildman–Crippen MR) is 88.8 cm³/mol. The molecule has 1 aromatic rings. The smallest absolute Gasteiger partial charge is 0.416 e. The van der Waals surface area contributed by atoms with Crippen LogP contribution in [0, 0.1) is 0 Å². The van der Waals surface area contributed by atoms with Crippen LogP contribution in [-0.2, 0) is 14.3 Å². The van der Waals surface area contributed by atoms with Crippen LogP contribution in [0.2, 0.25) is 0 Å². The van der Waals surface area contributed by atoms with Gasteiger partial charge in [0.15, 0.2) is 0 Å². The SMILES string of the molecule is CCCOC(=O)C(CCCN1C(=O)C(=O)c2cc(OC)ccc21)=[N+]=[N-]. The first kappa shape index (κ1) is 18.4. The number of ether oxygens (including phenoxy) is 2. The number of anilines is 1. The lowest BCUT2D eigenvalue weighted by atomic mass is 10.1. The van der Waals surface area contributed by atoms with Crippen molar-refractivity contribution in [2.24, 2.45) is 0 Å². The topological polar surface area (TPSA) is 109 Å². The van der Waals surface area contributed by atoms with Crippen LogP contribution < -0.4 is 9.64 Å². The van der Waals surface area contributed by atoms with Crippen molar-refractivity contribution in [3.63, 3.8) is 0 Å². The highest BCUT2D eigenvalue weighted by Gasteiger charge is 2.36. The van der Waals surface area contributed by atoms with Crippen LogP contribution in [-0.4, -0.2) is 48.4 Å². The van der Waals surface area contributed by atoms with E-state index in [1.54, 1.807) is 12.1 Å². The van der Waals surface area contributed by atoms with Gasteiger partial charge < -0.3 is 19.9 Å². The molecule has 0 saturated carbocycles. The fraction of sp³-hybridized carbons (Fsp3) is 0.412. The second-order valence-electron chi connectivity index (χ2n) is 5.46. The van der Waals surface area contributed by atoms with Gasteiger partial charge in [0.2, 0.25) is 0 Å². The number of esters is 1. The molecular weight excluding hydrogens is 326 g/mol. The molecule has 1 aliphatic heterocycles. The normalized spacial score (nSPS) is 12.6. The third-order valence-electron chi connectivity index (χ3n) is 3.77. The summed E-state index contributed by atoms with van der Waals surface area (Å²) < 4.78 is 9.98. The Balaban J connectivity index is 2.02. The van der Waals surface area contributed by atoms with E-state index >= 15 is 0 Å². The number of carbonyl (C=O) groups excluding carboxylic acids is 3. The van der Waals surface area contributed by atoms with Crippen LogP contribution in [0.25, 0.3) is 5.53 Å². The standard InChI is InChI=1S/C17H19N3O5/c1-3-9-25-17(23)13(19-18)5-4-8-20-14-7-6-11(24-2)10-12(14)15(21)16(20)22/h6-7,10H,3-5,8-9H2,1-2H3. The fourth-order valence-electron chi connectivity index (χ4n) is 2.50. The zero-order valence-corrected chi connectivity index (χ0v) is 14.2. The Morgan fingerprint density at radius 2 is 2.08 bits per heavy atom. The second-order valence-corrected chi connectivity index (χ2v) is 5.46. The monoisotopic (exact) mass is 345 g/mol. The maximum atomic E-state index is 12.1. The summed E-state index contributed by atoms with van der Waals surface area (Å²) in [6.45, 7) is 2.31. The third kappa shape index (κ3) is 3.92. The molecule has 2 rings (SSSR count). The first-order valence-corrected chi connectivity index (χ1v) is 7.95. The fourth-order valence-corrected chi connectivity index (χ4v) is 2.50. The van der Waals surface area contributed by atoms with Crippen molar-refractivity contribution in [2.45, 2.75) is 26.2 Å². The zero-order chi connectivity index (χ0) is 18.4. The van der Waals surface area contributed by atoms with Crippen LogP contribution in [0.15, 0.2) is 18.2 Å². The van der Waals surface area contributed by atoms with E-state index < -0.39 is 17.7 Å². The molecule has 1 aliphatic rings. The lowest BCUT2D eigenvalue weighted by molar-refractivity contribution is -0.140. The van der Waals surface area contributed by atoms with Crippen LogP contribution in [0.4, 0.5) is 5.69 Å². The highest BCUT2D eigenvalue weighted by Crippen LogP contribution is 2.32. The molecule has 132 valence electrons. The Hall–Kier alpha value is -2.99. The number of hydrogen-bond donors (Lipinski definition) is 0. The van der Waals surface area contributed by atoms with Gasteiger partial charge in [-0.1, -0.05) is 6.92 Å². The summed E-state index contributed by atoms with van der Waals surface area (Å²) in [7, 11) is 1.48. The van der Waals surface area contributed by atoms with E-state index in [4.69, 9.17) is 15.0 Å². The molecule has 1 aromatic carbocycles. The molecule has 25 heavy (non-hydrogen) atoms. The zero-order valence-electron chi connectivity index (χ0n) is 14.2. The van der Waals surface area contributed by atoms with Crippen molar-refractivity contribution in [3.8, 4) is 5.75 Å². The first-order chi connectivity index (χ1) is 12.0. The molecule has 0 radical (unpaired) electrons. The minimum Gasteiger partial charge on any atom is -0.497 e. The van der Waals surface area contributed by atoms with Crippen molar-refractivity contribution in [3.05, 3.63) is 29.3 Å². The van der Waals surface area contributed by atoms with Crippen LogP contribution >= 0.6 is 0 Å². The minimum absolute atomic E-state index is 0.110. The van der Waals surface area contributed by atoms with Gasteiger partial charge in [0.05, 0.1) is 31.4 Å². The summed E-state index contributed by atoms with van der Waals surface area (Å²) in [4.78, 5) is 40.2. The average molecular weight is 345 g/mol. The number of amides is 1. The van der Waals surface area contributed by atoms with Crippen molar-refractivity contribution < 1.29 is 28.6 Å². The number of carbonyl (C=O) groups is 3. The largest absolute Gasteiger partial charge is 0.497 e. The van der Waals surface area contributed by atoms with Crippen molar-refractivity contribution in [1.29, 1.82) is 0 Å². The Morgan fingerprint density at radius 1 is 1.32 bits per heavy atom. The third-order valence-corrected chi connectivity index (χ3v) is 3.77. The Morgan fingerprint density at radius 3 is 2.72 bits per heavy atom. The van der Waals surface area contributed by atoms with Gasteiger partial charge in [0.1, 0.15) is 5.75 Å². The summed E-state index contributed by atoms with van der Waals surface area (Å²) in [6, 6.07) is 4.84. The first-order valence-electron chi connectivity index (χ1n) is 7.95. The van der Waals surface area contributed by atoms with Gasteiger partial charge in [-0.15, -0.1) is 0 Å². The molecule has 0 saturated heterocycles. The predicted octanol–water partition coefficient (Wildman–Crippen LogP) is 1.63. The number of methoxy groups -OCH3 is 1. The molecule has 1 amide bonds. The molecule has 0 aromatic heterocycles. The van der Waals surface area contributed by atoms with E-state index in [2.05, 4.69) is 4.79 Å². The molecule has 0 N–H and O–H groups in total. The highest BCUT2D eigenvalue weighted by atomic mass is 16.5. The van der Waals surface area contributed by atoms with Gasteiger partial charge in [0.25, 0.3) is 11.7 Å². The van der Waals surface area contributed by atoms with Crippen molar-refractivity contribution >= 4 is 29.1 Å². The average Bonchev–Trinajstić information content (AvgIpc) is 2.87. The molecule has 0 spiro atoms. The summed E-state index contributed by atoms with van der Waals surface area (Å²) in [6.07, 6.45) is 1.13. The minimum atomic E-state index is -0.682. The number of rotatable bonds is 8. The number of benzene rings is 1. The lowest BCUT2D eigenvalue weighted by Gasteiger charge is -2.15. The molecule has 0 atom stereocenters. The van der Waals surface area contributed by atoms with Crippen LogP contribution in [0.5, 0.6) is 5.75 Å². The summed E-state index contributed by atoms with van der Waals surface area (Å²) in [5, 5.41) is 0.